The predicted octanol–water partition coefficient (Wildman–Crippen LogP) is 1.45. The number of benzene rings is 1. The van der Waals surface area contributed by atoms with Gasteiger partial charge in [0.25, 0.3) is 0 Å². The molecule has 7 heteroatoms. The molecule has 2 amide bonds. The van der Waals surface area contributed by atoms with Crippen molar-refractivity contribution in [1.82, 2.24) is 20.4 Å². The standard InChI is InChI=1S/C16H20N4O3/c21-13-7-4-10-20(11-13)16(22)17-9-8-14-18-19-15(23-14)12-5-2-1-3-6-12/h1-3,5-6,13,21H,4,7-11H2,(H,17,22). The van der Waals surface area contributed by atoms with E-state index < -0.39 is 6.10 Å². The summed E-state index contributed by atoms with van der Waals surface area (Å²) in [6.45, 7) is 1.49. The van der Waals surface area contributed by atoms with Crippen LogP contribution in [0.1, 0.15) is 18.7 Å². The lowest BCUT2D eigenvalue weighted by atomic mass is 10.1. The Bertz CT molecular complexity index is 644. The van der Waals surface area contributed by atoms with E-state index in [1.165, 1.54) is 0 Å². The van der Waals surface area contributed by atoms with E-state index in [4.69, 9.17) is 4.42 Å². The number of carbonyl (C=O) groups is 1. The quantitative estimate of drug-likeness (QED) is 0.890. The Hall–Kier alpha value is -2.41. The molecule has 0 bridgehead atoms. The van der Waals surface area contributed by atoms with Gasteiger partial charge in [-0.1, -0.05) is 18.2 Å². The maximum atomic E-state index is 12.0. The van der Waals surface area contributed by atoms with Crippen LogP contribution in [0.5, 0.6) is 0 Å². The van der Waals surface area contributed by atoms with Crippen LogP contribution >= 0.6 is 0 Å². The molecule has 3 rings (SSSR count). The molecule has 7 nitrogen and oxygen atoms in total. The number of aliphatic hydroxyl groups excluding tert-OH is 1. The van der Waals surface area contributed by atoms with E-state index in [1.807, 2.05) is 30.3 Å². The second kappa shape index (κ2) is 7.23. The summed E-state index contributed by atoms with van der Waals surface area (Å²) < 4.78 is 5.59. The molecule has 1 aromatic heterocycles. The van der Waals surface area contributed by atoms with E-state index in [-0.39, 0.29) is 6.03 Å². The molecule has 1 unspecified atom stereocenters. The number of likely N-dealkylation sites (tertiary alicyclic amines) is 1. The number of aliphatic hydroxyl groups is 1. The lowest BCUT2D eigenvalue weighted by molar-refractivity contribution is 0.0843. The number of urea groups is 1. The van der Waals surface area contributed by atoms with Gasteiger partial charge < -0.3 is 19.7 Å². The summed E-state index contributed by atoms with van der Waals surface area (Å²) in [6, 6.07) is 9.39. The third-order valence-corrected chi connectivity index (χ3v) is 3.79. The fourth-order valence-electron chi connectivity index (χ4n) is 2.58. The Kier molecular flexibility index (Phi) is 4.87. The molecule has 2 heterocycles. The van der Waals surface area contributed by atoms with Crippen LogP contribution in [-0.2, 0) is 6.42 Å². The smallest absolute Gasteiger partial charge is 0.317 e. The number of aromatic nitrogens is 2. The minimum atomic E-state index is -0.418. The molecule has 0 saturated carbocycles. The summed E-state index contributed by atoms with van der Waals surface area (Å²) in [6.07, 6.45) is 1.65. The van der Waals surface area contributed by atoms with Gasteiger partial charge >= 0.3 is 6.03 Å². The van der Waals surface area contributed by atoms with Crippen molar-refractivity contribution in [3.05, 3.63) is 36.2 Å². The van der Waals surface area contributed by atoms with Gasteiger partial charge in [0, 0.05) is 31.6 Å². The SMILES string of the molecule is O=C(NCCc1nnc(-c2ccccc2)o1)N1CCCC(O)C1. The highest BCUT2D eigenvalue weighted by atomic mass is 16.4. The number of nitrogens with zero attached hydrogens (tertiary/aromatic N) is 3. The van der Waals surface area contributed by atoms with Gasteiger partial charge in [0.15, 0.2) is 0 Å². The molecule has 122 valence electrons. The largest absolute Gasteiger partial charge is 0.421 e. The molecule has 1 saturated heterocycles. The molecule has 2 N–H and O–H groups in total. The number of carbonyl (C=O) groups excluding carboxylic acids is 1. The lowest BCUT2D eigenvalue weighted by Gasteiger charge is -2.30. The van der Waals surface area contributed by atoms with Crippen LogP contribution in [0.4, 0.5) is 4.79 Å². The first-order chi connectivity index (χ1) is 11.2. The van der Waals surface area contributed by atoms with Gasteiger partial charge in [-0.3, -0.25) is 0 Å². The maximum Gasteiger partial charge on any atom is 0.317 e. The van der Waals surface area contributed by atoms with Crippen LogP contribution in [0, 0.1) is 0 Å². The van der Waals surface area contributed by atoms with Crippen LogP contribution < -0.4 is 5.32 Å². The van der Waals surface area contributed by atoms with Crippen molar-refractivity contribution in [1.29, 1.82) is 0 Å². The molecule has 0 spiro atoms. The van der Waals surface area contributed by atoms with Gasteiger partial charge in [-0.25, -0.2) is 4.79 Å². The number of amides is 2. The molecule has 1 fully saturated rings. The Morgan fingerprint density at radius 2 is 2.17 bits per heavy atom. The number of hydrogen-bond acceptors (Lipinski definition) is 5. The number of hydrogen-bond donors (Lipinski definition) is 2. The summed E-state index contributed by atoms with van der Waals surface area (Å²) in [7, 11) is 0. The number of β-amino-alcohol motifs (C(OH)–C–C–N with tert-alkyl or cyclic N) is 1. The van der Waals surface area contributed by atoms with Crippen molar-refractivity contribution in [2.45, 2.75) is 25.4 Å². The maximum absolute atomic E-state index is 12.0. The van der Waals surface area contributed by atoms with Gasteiger partial charge in [-0.2, -0.15) is 0 Å². The summed E-state index contributed by atoms with van der Waals surface area (Å²) in [4.78, 5) is 13.6. The van der Waals surface area contributed by atoms with E-state index in [1.54, 1.807) is 4.90 Å². The van der Waals surface area contributed by atoms with E-state index >= 15 is 0 Å². The minimum Gasteiger partial charge on any atom is -0.421 e. The highest BCUT2D eigenvalue weighted by Gasteiger charge is 2.21. The Morgan fingerprint density at radius 3 is 2.96 bits per heavy atom. The lowest BCUT2D eigenvalue weighted by Crippen LogP contribution is -2.47. The van der Waals surface area contributed by atoms with E-state index in [9.17, 15) is 9.90 Å². The molecule has 1 aliphatic heterocycles. The minimum absolute atomic E-state index is 0.161. The second-order valence-corrected chi connectivity index (χ2v) is 5.59. The summed E-state index contributed by atoms with van der Waals surface area (Å²) in [5, 5.41) is 20.4. The average molecular weight is 316 g/mol. The van der Waals surface area contributed by atoms with Crippen LogP contribution in [0.2, 0.25) is 0 Å². The van der Waals surface area contributed by atoms with Gasteiger partial charge in [0.1, 0.15) is 0 Å². The average Bonchev–Trinajstić information content (AvgIpc) is 3.04. The van der Waals surface area contributed by atoms with Crippen LogP contribution in [0.25, 0.3) is 11.5 Å². The van der Waals surface area contributed by atoms with E-state index in [0.717, 1.165) is 18.4 Å². The van der Waals surface area contributed by atoms with Gasteiger partial charge in [0.05, 0.1) is 6.10 Å². The van der Waals surface area contributed by atoms with Crippen molar-refractivity contribution in [2.75, 3.05) is 19.6 Å². The number of piperidine rings is 1. The normalized spacial score (nSPS) is 18.0. The van der Waals surface area contributed by atoms with Crippen LogP contribution in [0.15, 0.2) is 34.7 Å². The van der Waals surface area contributed by atoms with Crippen LogP contribution in [-0.4, -0.2) is 52.0 Å². The van der Waals surface area contributed by atoms with Crippen LogP contribution in [0.3, 0.4) is 0 Å². The zero-order valence-corrected chi connectivity index (χ0v) is 12.8. The number of nitrogens with one attached hydrogen (secondary N) is 1. The molecule has 2 aromatic rings. The van der Waals surface area contributed by atoms with Crippen molar-refractivity contribution < 1.29 is 14.3 Å². The van der Waals surface area contributed by atoms with Crippen molar-refractivity contribution in [3.63, 3.8) is 0 Å². The van der Waals surface area contributed by atoms with E-state index in [2.05, 4.69) is 15.5 Å². The monoisotopic (exact) mass is 316 g/mol. The topological polar surface area (TPSA) is 91.5 Å². The molecule has 0 aliphatic carbocycles. The zero-order valence-electron chi connectivity index (χ0n) is 12.8. The Balaban J connectivity index is 1.47. The van der Waals surface area contributed by atoms with Crippen molar-refractivity contribution >= 4 is 6.03 Å². The van der Waals surface area contributed by atoms with E-state index in [0.29, 0.717) is 37.8 Å². The van der Waals surface area contributed by atoms with Crippen molar-refractivity contribution in [3.8, 4) is 11.5 Å². The second-order valence-electron chi connectivity index (χ2n) is 5.59. The fraction of sp³-hybridized carbons (Fsp3) is 0.438. The molecule has 1 aliphatic rings. The third kappa shape index (κ3) is 4.07. The molecule has 0 radical (unpaired) electrons. The van der Waals surface area contributed by atoms with Gasteiger partial charge in [-0.05, 0) is 25.0 Å². The highest BCUT2D eigenvalue weighted by Crippen LogP contribution is 2.16. The summed E-state index contributed by atoms with van der Waals surface area (Å²) in [5.74, 6) is 0.967. The van der Waals surface area contributed by atoms with Gasteiger partial charge in [0.2, 0.25) is 11.8 Å². The summed E-state index contributed by atoms with van der Waals surface area (Å²) in [5.41, 5.74) is 0.873. The fourth-order valence-corrected chi connectivity index (χ4v) is 2.58. The first-order valence-electron chi connectivity index (χ1n) is 7.81. The zero-order chi connectivity index (χ0) is 16.1. The molecule has 1 atom stereocenters. The Morgan fingerprint density at radius 1 is 1.35 bits per heavy atom. The molecule has 1 aromatic carbocycles. The summed E-state index contributed by atoms with van der Waals surface area (Å²) >= 11 is 0. The highest BCUT2D eigenvalue weighted by molar-refractivity contribution is 5.74. The molecular weight excluding hydrogens is 296 g/mol. The first kappa shape index (κ1) is 15.5. The van der Waals surface area contributed by atoms with Gasteiger partial charge in [-0.15, -0.1) is 10.2 Å². The first-order valence-corrected chi connectivity index (χ1v) is 7.81. The Labute approximate surface area is 134 Å². The number of rotatable bonds is 4. The molecular formula is C16H20N4O3. The molecule has 23 heavy (non-hydrogen) atoms. The predicted molar refractivity (Wildman–Crippen MR) is 83.7 cm³/mol. The third-order valence-electron chi connectivity index (χ3n) is 3.79. The van der Waals surface area contributed by atoms with Crippen molar-refractivity contribution in [2.24, 2.45) is 0 Å².